The van der Waals surface area contributed by atoms with Crippen LogP contribution in [0.15, 0.2) is 17.0 Å². The number of aliphatic hydroxyl groups excluding tert-OH is 1. The van der Waals surface area contributed by atoms with Crippen LogP contribution in [0.2, 0.25) is 0 Å². The van der Waals surface area contributed by atoms with E-state index < -0.39 is 10.0 Å². The summed E-state index contributed by atoms with van der Waals surface area (Å²) in [5.74, 6) is 0. The SMILES string of the molecule is CCN(CCO)S(=O)(=O)c1cc(N)cc(C)c1C. The highest BCUT2D eigenvalue weighted by Crippen LogP contribution is 2.25. The minimum atomic E-state index is -3.60. The molecule has 0 saturated heterocycles. The summed E-state index contributed by atoms with van der Waals surface area (Å²) < 4.78 is 26.1. The first-order chi connectivity index (χ1) is 8.34. The average Bonchev–Trinajstić information content (AvgIpc) is 2.30. The monoisotopic (exact) mass is 272 g/mol. The fraction of sp³-hybridized carbons (Fsp3) is 0.500. The molecule has 0 fully saturated rings. The number of nitrogen functional groups attached to an aromatic ring is 1. The van der Waals surface area contributed by atoms with Gasteiger partial charge < -0.3 is 10.8 Å². The van der Waals surface area contributed by atoms with Crippen molar-refractivity contribution < 1.29 is 13.5 Å². The minimum absolute atomic E-state index is 0.0894. The lowest BCUT2D eigenvalue weighted by molar-refractivity contribution is 0.257. The quantitative estimate of drug-likeness (QED) is 0.780. The highest BCUT2D eigenvalue weighted by Gasteiger charge is 2.25. The van der Waals surface area contributed by atoms with Crippen molar-refractivity contribution >= 4 is 15.7 Å². The van der Waals surface area contributed by atoms with Crippen LogP contribution < -0.4 is 5.73 Å². The van der Waals surface area contributed by atoms with Crippen molar-refractivity contribution in [1.29, 1.82) is 0 Å². The lowest BCUT2D eigenvalue weighted by atomic mass is 10.1. The Hall–Kier alpha value is -1.11. The summed E-state index contributed by atoms with van der Waals surface area (Å²) in [6.07, 6.45) is 0. The Labute approximate surface area is 108 Å². The fourth-order valence-corrected chi connectivity index (χ4v) is 3.59. The second-order valence-electron chi connectivity index (χ2n) is 4.18. The Kier molecular flexibility index (Phi) is 4.72. The van der Waals surface area contributed by atoms with Gasteiger partial charge in [-0.25, -0.2) is 8.42 Å². The molecule has 1 aromatic carbocycles. The third kappa shape index (κ3) is 2.82. The van der Waals surface area contributed by atoms with Crippen LogP contribution in [0.1, 0.15) is 18.1 Å². The summed E-state index contributed by atoms with van der Waals surface area (Å²) in [7, 11) is -3.60. The predicted octanol–water partition coefficient (Wildman–Crippen LogP) is 0.889. The van der Waals surface area contributed by atoms with Crippen molar-refractivity contribution in [3.8, 4) is 0 Å². The minimum Gasteiger partial charge on any atom is -0.399 e. The molecule has 18 heavy (non-hydrogen) atoms. The third-order valence-electron chi connectivity index (χ3n) is 2.96. The van der Waals surface area contributed by atoms with E-state index in [0.29, 0.717) is 17.8 Å². The van der Waals surface area contributed by atoms with Crippen molar-refractivity contribution in [2.75, 3.05) is 25.4 Å². The van der Waals surface area contributed by atoms with Crippen molar-refractivity contribution in [3.63, 3.8) is 0 Å². The van der Waals surface area contributed by atoms with Gasteiger partial charge in [-0.1, -0.05) is 6.92 Å². The Bertz CT molecular complexity index is 526. The highest BCUT2D eigenvalue weighted by molar-refractivity contribution is 7.89. The molecule has 6 heteroatoms. The molecule has 0 spiro atoms. The zero-order valence-corrected chi connectivity index (χ0v) is 11.8. The van der Waals surface area contributed by atoms with Crippen LogP contribution in [0.3, 0.4) is 0 Å². The standard InChI is InChI=1S/C12H20N2O3S/c1-4-14(5-6-15)18(16,17)12-8-11(13)7-9(2)10(12)3/h7-8,15H,4-6,13H2,1-3H3. The first kappa shape index (κ1) is 14.9. The van der Waals surface area contributed by atoms with Gasteiger partial charge in [0.05, 0.1) is 11.5 Å². The van der Waals surface area contributed by atoms with Crippen LogP contribution in [0.4, 0.5) is 5.69 Å². The van der Waals surface area contributed by atoms with E-state index in [-0.39, 0.29) is 18.0 Å². The average molecular weight is 272 g/mol. The zero-order chi connectivity index (χ0) is 13.9. The molecule has 0 heterocycles. The lowest BCUT2D eigenvalue weighted by Gasteiger charge is -2.21. The molecule has 1 aromatic rings. The third-order valence-corrected chi connectivity index (χ3v) is 5.06. The second kappa shape index (κ2) is 5.69. The van der Waals surface area contributed by atoms with Crippen molar-refractivity contribution in [2.24, 2.45) is 0 Å². The van der Waals surface area contributed by atoms with E-state index in [1.165, 1.54) is 10.4 Å². The Morgan fingerprint density at radius 3 is 2.44 bits per heavy atom. The van der Waals surface area contributed by atoms with Crippen LogP contribution in [0.5, 0.6) is 0 Å². The van der Waals surface area contributed by atoms with Crippen LogP contribution in [-0.2, 0) is 10.0 Å². The maximum Gasteiger partial charge on any atom is 0.243 e. The number of hydrogen-bond acceptors (Lipinski definition) is 4. The summed E-state index contributed by atoms with van der Waals surface area (Å²) >= 11 is 0. The normalized spacial score (nSPS) is 12.1. The molecular weight excluding hydrogens is 252 g/mol. The van der Waals surface area contributed by atoms with Gasteiger partial charge in [0.15, 0.2) is 0 Å². The Balaban J connectivity index is 3.36. The van der Waals surface area contributed by atoms with Gasteiger partial charge in [-0.3, -0.25) is 0 Å². The summed E-state index contributed by atoms with van der Waals surface area (Å²) in [4.78, 5) is 0.218. The topological polar surface area (TPSA) is 83.6 Å². The van der Waals surface area contributed by atoms with Crippen molar-refractivity contribution in [2.45, 2.75) is 25.7 Å². The molecule has 102 valence electrons. The molecule has 0 amide bonds. The van der Waals surface area contributed by atoms with Crippen LogP contribution in [0, 0.1) is 13.8 Å². The highest BCUT2D eigenvalue weighted by atomic mass is 32.2. The second-order valence-corrected chi connectivity index (χ2v) is 6.09. The van der Waals surface area contributed by atoms with Crippen LogP contribution in [0.25, 0.3) is 0 Å². The molecule has 0 atom stereocenters. The first-order valence-electron chi connectivity index (χ1n) is 5.82. The number of nitrogens with zero attached hydrogens (tertiary/aromatic N) is 1. The van der Waals surface area contributed by atoms with Crippen LogP contribution >= 0.6 is 0 Å². The first-order valence-corrected chi connectivity index (χ1v) is 7.26. The molecule has 5 nitrogen and oxygen atoms in total. The molecule has 0 saturated carbocycles. The number of benzene rings is 1. The van der Waals surface area contributed by atoms with Gasteiger partial charge in [0.1, 0.15) is 0 Å². The maximum atomic E-state index is 12.4. The fourth-order valence-electron chi connectivity index (χ4n) is 1.82. The van der Waals surface area contributed by atoms with Gasteiger partial charge in [-0.05, 0) is 37.1 Å². The smallest absolute Gasteiger partial charge is 0.243 e. The molecule has 3 N–H and O–H groups in total. The molecule has 0 aromatic heterocycles. The number of sulfonamides is 1. The molecule has 0 radical (unpaired) electrons. The maximum absolute atomic E-state index is 12.4. The van der Waals surface area contributed by atoms with Gasteiger partial charge in [0, 0.05) is 18.8 Å². The number of nitrogens with two attached hydrogens (primary N) is 1. The van der Waals surface area contributed by atoms with Gasteiger partial charge in [0.25, 0.3) is 0 Å². The van der Waals surface area contributed by atoms with E-state index in [1.807, 2.05) is 6.92 Å². The number of anilines is 1. The number of hydrogen-bond donors (Lipinski definition) is 2. The molecular formula is C12H20N2O3S. The van der Waals surface area contributed by atoms with Crippen molar-refractivity contribution in [3.05, 3.63) is 23.3 Å². The van der Waals surface area contributed by atoms with E-state index in [2.05, 4.69) is 0 Å². The molecule has 0 aliphatic heterocycles. The summed E-state index contributed by atoms with van der Waals surface area (Å²) in [5.41, 5.74) is 7.67. The zero-order valence-electron chi connectivity index (χ0n) is 11.0. The molecule has 0 bridgehead atoms. The van der Waals surface area contributed by atoms with Crippen molar-refractivity contribution in [1.82, 2.24) is 4.31 Å². The molecule has 1 rings (SSSR count). The Morgan fingerprint density at radius 2 is 1.94 bits per heavy atom. The van der Waals surface area contributed by atoms with Gasteiger partial charge in [-0.2, -0.15) is 4.31 Å². The van der Waals surface area contributed by atoms with Gasteiger partial charge in [-0.15, -0.1) is 0 Å². The van der Waals surface area contributed by atoms with Gasteiger partial charge >= 0.3 is 0 Å². The Morgan fingerprint density at radius 1 is 1.33 bits per heavy atom. The van der Waals surface area contributed by atoms with E-state index in [0.717, 1.165) is 5.56 Å². The van der Waals surface area contributed by atoms with E-state index in [4.69, 9.17) is 10.8 Å². The van der Waals surface area contributed by atoms with E-state index in [9.17, 15) is 8.42 Å². The number of likely N-dealkylation sites (N-methyl/N-ethyl adjacent to an activating group) is 1. The van der Waals surface area contributed by atoms with E-state index >= 15 is 0 Å². The summed E-state index contributed by atoms with van der Waals surface area (Å²) in [5, 5.41) is 8.93. The summed E-state index contributed by atoms with van der Waals surface area (Å²) in [6.45, 7) is 5.53. The number of aliphatic hydroxyl groups is 1. The summed E-state index contributed by atoms with van der Waals surface area (Å²) in [6, 6.07) is 3.22. The molecule has 0 unspecified atom stereocenters. The lowest BCUT2D eigenvalue weighted by Crippen LogP contribution is -2.34. The number of aryl methyl sites for hydroxylation is 1. The van der Waals surface area contributed by atoms with Gasteiger partial charge in [0.2, 0.25) is 10.0 Å². The molecule has 0 aliphatic rings. The van der Waals surface area contributed by atoms with Crippen LogP contribution in [-0.4, -0.2) is 37.5 Å². The molecule has 0 aliphatic carbocycles. The number of rotatable bonds is 5. The predicted molar refractivity (Wildman–Crippen MR) is 71.8 cm³/mol. The van der Waals surface area contributed by atoms with E-state index in [1.54, 1.807) is 19.9 Å². The largest absolute Gasteiger partial charge is 0.399 e.